The molecule has 0 amide bonds. The minimum atomic E-state index is -0.282. The zero-order chi connectivity index (χ0) is 13.5. The molecule has 0 aromatic heterocycles. The van der Waals surface area contributed by atoms with Crippen LogP contribution >= 0.6 is 0 Å². The number of benzene rings is 1. The highest BCUT2D eigenvalue weighted by Gasteiger charge is 2.18. The summed E-state index contributed by atoms with van der Waals surface area (Å²) >= 11 is 0. The quantitative estimate of drug-likeness (QED) is 0.610. The third-order valence-corrected chi connectivity index (χ3v) is 2.04. The topological polar surface area (TPSA) is 0 Å². The Morgan fingerprint density at radius 2 is 1.69 bits per heavy atom. The summed E-state index contributed by atoms with van der Waals surface area (Å²) in [5, 5.41) is 0. The molecule has 0 nitrogen and oxygen atoms in total. The van der Waals surface area contributed by atoms with Crippen LogP contribution in [0.1, 0.15) is 57.1 Å². The molecule has 0 radical (unpaired) electrons. The Bertz CT molecular complexity index is 442. The van der Waals surface area contributed by atoms with Crippen LogP contribution < -0.4 is 0 Å². The highest BCUT2D eigenvalue weighted by atomic mass is 14.2. The molecule has 0 heteroatoms. The van der Waals surface area contributed by atoms with Crippen molar-refractivity contribution in [2.75, 3.05) is 0 Å². The van der Waals surface area contributed by atoms with Gasteiger partial charge >= 0.3 is 0 Å². The molecule has 0 N–H and O–H groups in total. The Morgan fingerprint density at radius 3 is 2.15 bits per heavy atom. The van der Waals surface area contributed by atoms with Crippen LogP contribution in [0.5, 0.6) is 0 Å². The summed E-state index contributed by atoms with van der Waals surface area (Å²) in [6.45, 7) is 9.87. The molecule has 0 heterocycles. The number of hydrogen-bond acceptors (Lipinski definition) is 0. The van der Waals surface area contributed by atoms with E-state index in [0.29, 0.717) is 0 Å². The minimum absolute atomic E-state index is 0.0884. The van der Waals surface area contributed by atoms with Gasteiger partial charge in [0.15, 0.2) is 0 Å². The van der Waals surface area contributed by atoms with E-state index in [1.165, 1.54) is 0 Å². The van der Waals surface area contributed by atoms with E-state index in [0.717, 1.165) is 11.1 Å². The highest BCUT2D eigenvalue weighted by molar-refractivity contribution is 5.34. The monoisotopic (exact) mass is 180 g/mol. The lowest BCUT2D eigenvalue weighted by molar-refractivity contribution is 0.577. The first-order chi connectivity index (χ1) is 7.59. The first kappa shape index (κ1) is 5.85. The Labute approximate surface area is 87.6 Å². The molecular formula is C13H20. The molecule has 0 aliphatic rings. The van der Waals surface area contributed by atoms with E-state index in [9.17, 15) is 0 Å². The Hall–Kier alpha value is -0.780. The van der Waals surface area contributed by atoms with Crippen molar-refractivity contribution in [2.24, 2.45) is 0 Å². The number of hydrogen-bond donors (Lipinski definition) is 0. The van der Waals surface area contributed by atoms with Gasteiger partial charge in [0.05, 0.1) is 5.48 Å². The molecule has 0 spiro atoms. The van der Waals surface area contributed by atoms with Gasteiger partial charge in [-0.15, -0.1) is 0 Å². The molecule has 72 valence electrons. The summed E-state index contributed by atoms with van der Waals surface area (Å²) in [5.41, 5.74) is 1.19. The van der Waals surface area contributed by atoms with E-state index in [-0.39, 0.29) is 35.5 Å². The maximum Gasteiger partial charge on any atom is 0.0626 e. The average molecular weight is 180 g/mol. The van der Waals surface area contributed by atoms with E-state index in [1.54, 1.807) is 0 Å². The Balaban J connectivity index is 3.79. The first-order valence-electron chi connectivity index (χ1n) is 6.69. The smallest absolute Gasteiger partial charge is 0.0620 e. The van der Waals surface area contributed by atoms with Crippen LogP contribution in [0.4, 0.5) is 0 Å². The predicted octanol–water partition coefficient (Wildman–Crippen LogP) is 4.11. The van der Waals surface area contributed by atoms with Gasteiger partial charge in [0.25, 0.3) is 0 Å². The normalized spacial score (nSPS) is 16.5. The largest absolute Gasteiger partial charge is 0.0626 e. The zero-order valence-corrected chi connectivity index (χ0v) is 9.08. The van der Waals surface area contributed by atoms with Crippen molar-refractivity contribution in [3.8, 4) is 0 Å². The van der Waals surface area contributed by atoms with Crippen molar-refractivity contribution >= 4 is 0 Å². The summed E-state index contributed by atoms with van der Waals surface area (Å²) in [5.74, 6) is 0.0884. The second-order valence-electron chi connectivity index (χ2n) is 4.69. The van der Waals surface area contributed by atoms with Gasteiger partial charge in [-0.3, -0.25) is 0 Å². The molecule has 0 bridgehead atoms. The van der Waals surface area contributed by atoms with Crippen molar-refractivity contribution in [1.82, 2.24) is 0 Å². The van der Waals surface area contributed by atoms with Gasteiger partial charge in [0, 0.05) is 0 Å². The third kappa shape index (κ3) is 2.33. The van der Waals surface area contributed by atoms with E-state index in [1.807, 2.05) is 34.6 Å². The molecule has 13 heavy (non-hydrogen) atoms. The Morgan fingerprint density at radius 1 is 1.15 bits per heavy atom. The molecule has 0 aliphatic heterocycles. The summed E-state index contributed by atoms with van der Waals surface area (Å²) < 4.78 is 31.5. The minimum Gasteiger partial charge on any atom is -0.0620 e. The Kier molecular flexibility index (Phi) is 1.59. The maximum atomic E-state index is 8.03. The second kappa shape index (κ2) is 3.53. The standard InChI is InChI=1S/C13H20/c1-10(2)11-8-6-7-9-12(11)13(3,4)5/h6-10H,1-5H3/i6D,7D,8D,9D. The van der Waals surface area contributed by atoms with Crippen molar-refractivity contribution in [3.63, 3.8) is 0 Å². The molecule has 0 saturated heterocycles. The van der Waals surface area contributed by atoms with Gasteiger partial charge in [0.2, 0.25) is 0 Å². The molecule has 0 fully saturated rings. The molecule has 1 aromatic rings. The SMILES string of the molecule is [2H]c1c([2H])c([2H])c(C(C)(C)C)c(C(C)C)c1[2H]. The van der Waals surface area contributed by atoms with Crippen molar-refractivity contribution in [2.45, 2.75) is 46.0 Å². The fourth-order valence-electron chi connectivity index (χ4n) is 1.35. The zero-order valence-electron chi connectivity index (χ0n) is 13.1. The van der Waals surface area contributed by atoms with Gasteiger partial charge in [-0.2, -0.15) is 0 Å². The van der Waals surface area contributed by atoms with Gasteiger partial charge < -0.3 is 0 Å². The van der Waals surface area contributed by atoms with Crippen LogP contribution in [-0.2, 0) is 5.41 Å². The molecule has 1 rings (SSSR count). The predicted molar refractivity (Wildman–Crippen MR) is 59.2 cm³/mol. The fraction of sp³-hybridized carbons (Fsp3) is 0.538. The first-order valence-corrected chi connectivity index (χ1v) is 4.69. The summed E-state index contributed by atoms with van der Waals surface area (Å²) in [7, 11) is 0. The van der Waals surface area contributed by atoms with E-state index in [2.05, 4.69) is 0 Å². The maximum absolute atomic E-state index is 8.03. The van der Waals surface area contributed by atoms with Crippen LogP contribution in [-0.4, -0.2) is 0 Å². The van der Waals surface area contributed by atoms with E-state index < -0.39 is 0 Å². The van der Waals surface area contributed by atoms with Crippen LogP contribution in [0.15, 0.2) is 24.2 Å². The average Bonchev–Trinajstić information content (AvgIpc) is 2.17. The van der Waals surface area contributed by atoms with Crippen LogP contribution in [0, 0.1) is 0 Å². The van der Waals surface area contributed by atoms with Crippen LogP contribution in [0.3, 0.4) is 0 Å². The van der Waals surface area contributed by atoms with Gasteiger partial charge in [-0.05, 0) is 22.5 Å². The van der Waals surface area contributed by atoms with Crippen molar-refractivity contribution in [3.05, 3.63) is 35.3 Å². The molecule has 0 atom stereocenters. The van der Waals surface area contributed by atoms with Crippen LogP contribution in [0.25, 0.3) is 0 Å². The molecule has 0 aliphatic carbocycles. The summed E-state index contributed by atoms with van der Waals surface area (Å²) in [6.07, 6.45) is 0. The summed E-state index contributed by atoms with van der Waals surface area (Å²) in [4.78, 5) is 0. The second-order valence-corrected chi connectivity index (χ2v) is 4.69. The van der Waals surface area contributed by atoms with Gasteiger partial charge in [0.1, 0.15) is 0 Å². The van der Waals surface area contributed by atoms with E-state index in [4.69, 9.17) is 5.48 Å². The lowest BCUT2D eigenvalue weighted by Gasteiger charge is -2.24. The van der Waals surface area contributed by atoms with Crippen LogP contribution in [0.2, 0.25) is 0 Å². The molecular weight excluding hydrogens is 156 g/mol. The number of rotatable bonds is 1. The molecule has 1 aromatic carbocycles. The lowest BCUT2D eigenvalue weighted by Crippen LogP contribution is -2.14. The fourth-order valence-corrected chi connectivity index (χ4v) is 1.35. The van der Waals surface area contributed by atoms with Crippen molar-refractivity contribution in [1.29, 1.82) is 0 Å². The van der Waals surface area contributed by atoms with Gasteiger partial charge in [-0.25, -0.2) is 0 Å². The third-order valence-electron chi connectivity index (χ3n) is 2.04. The van der Waals surface area contributed by atoms with Crippen molar-refractivity contribution < 1.29 is 5.48 Å². The van der Waals surface area contributed by atoms with E-state index >= 15 is 0 Å². The molecule has 0 unspecified atom stereocenters. The summed E-state index contributed by atoms with van der Waals surface area (Å²) in [6, 6.07) is -0.0656. The lowest BCUT2D eigenvalue weighted by atomic mass is 9.81. The molecule has 0 saturated carbocycles. The van der Waals surface area contributed by atoms with Gasteiger partial charge in [-0.1, -0.05) is 58.8 Å². The highest BCUT2D eigenvalue weighted by Crippen LogP contribution is 2.29.